The molecule has 1 aromatic rings. The van der Waals surface area contributed by atoms with Gasteiger partial charge in [-0.25, -0.2) is 0 Å². The molecule has 0 fully saturated rings. The molecule has 0 radical (unpaired) electrons. The van der Waals surface area contributed by atoms with Crippen LogP contribution in [0, 0.1) is 0 Å². The average molecular weight is 236 g/mol. The van der Waals surface area contributed by atoms with Gasteiger partial charge >= 0.3 is 5.97 Å². The Morgan fingerprint density at radius 1 is 1.35 bits per heavy atom. The molecule has 4 heteroatoms. The first-order valence-electron chi connectivity index (χ1n) is 5.28. The fraction of sp³-hybridized carbons (Fsp3) is 0.308. The van der Waals surface area contributed by atoms with E-state index in [1.165, 1.54) is 0 Å². The molecule has 4 nitrogen and oxygen atoms in total. The first kappa shape index (κ1) is 13.1. The summed E-state index contributed by atoms with van der Waals surface area (Å²) in [6.45, 7) is 0. The lowest BCUT2D eigenvalue weighted by Gasteiger charge is -2.09. The standard InChI is InChI=1S/C13H16O4/c1-16-11-8-5-7-10(13(11)17-2)6-3-4-9-12(14)15/h3,5-8H,4,9H2,1-2H3,(H,14,15). The third kappa shape index (κ3) is 3.83. The highest BCUT2D eigenvalue weighted by atomic mass is 16.5. The summed E-state index contributed by atoms with van der Waals surface area (Å²) in [6.07, 6.45) is 4.27. The Hall–Kier alpha value is -1.97. The number of carboxylic acids is 1. The van der Waals surface area contributed by atoms with Gasteiger partial charge in [-0.1, -0.05) is 24.3 Å². The van der Waals surface area contributed by atoms with Gasteiger partial charge < -0.3 is 14.6 Å². The fourth-order valence-corrected chi connectivity index (χ4v) is 1.46. The van der Waals surface area contributed by atoms with Gasteiger partial charge in [0.2, 0.25) is 0 Å². The molecule has 1 aromatic carbocycles. The average Bonchev–Trinajstić information content (AvgIpc) is 2.33. The fourth-order valence-electron chi connectivity index (χ4n) is 1.46. The van der Waals surface area contributed by atoms with Gasteiger partial charge in [0.15, 0.2) is 11.5 Å². The van der Waals surface area contributed by atoms with Crippen LogP contribution in [-0.4, -0.2) is 25.3 Å². The quantitative estimate of drug-likeness (QED) is 0.824. The largest absolute Gasteiger partial charge is 0.493 e. The smallest absolute Gasteiger partial charge is 0.303 e. The van der Waals surface area contributed by atoms with E-state index in [2.05, 4.69) is 0 Å². The molecule has 0 amide bonds. The molecule has 1 rings (SSSR count). The van der Waals surface area contributed by atoms with Gasteiger partial charge in [0.1, 0.15) is 0 Å². The van der Waals surface area contributed by atoms with E-state index >= 15 is 0 Å². The second-order valence-electron chi connectivity index (χ2n) is 3.42. The van der Waals surface area contributed by atoms with Crippen LogP contribution >= 0.6 is 0 Å². The molecular weight excluding hydrogens is 220 g/mol. The molecule has 0 heterocycles. The second kappa shape index (κ2) is 6.58. The van der Waals surface area contributed by atoms with Crippen molar-refractivity contribution < 1.29 is 19.4 Å². The minimum absolute atomic E-state index is 0.128. The number of carboxylic acid groups (broad SMARTS) is 1. The summed E-state index contributed by atoms with van der Waals surface area (Å²) in [5.74, 6) is 0.515. The summed E-state index contributed by atoms with van der Waals surface area (Å²) in [4.78, 5) is 10.4. The molecule has 1 N–H and O–H groups in total. The number of carbonyl (C=O) groups is 1. The Morgan fingerprint density at radius 3 is 2.71 bits per heavy atom. The number of para-hydroxylation sites is 1. The minimum Gasteiger partial charge on any atom is -0.493 e. The highest BCUT2D eigenvalue weighted by molar-refractivity contribution is 5.67. The molecule has 0 aliphatic rings. The summed E-state index contributed by atoms with van der Waals surface area (Å²) in [7, 11) is 3.15. The molecule has 0 saturated heterocycles. The predicted molar refractivity (Wildman–Crippen MR) is 65.4 cm³/mol. The van der Waals surface area contributed by atoms with Crippen molar-refractivity contribution in [2.75, 3.05) is 14.2 Å². The monoisotopic (exact) mass is 236 g/mol. The molecule has 0 unspecified atom stereocenters. The zero-order valence-corrected chi connectivity index (χ0v) is 9.97. The number of rotatable bonds is 6. The van der Waals surface area contributed by atoms with Gasteiger partial charge in [-0.05, 0) is 12.5 Å². The molecule has 0 aromatic heterocycles. The topological polar surface area (TPSA) is 55.8 Å². The Balaban J connectivity index is 2.79. The van der Waals surface area contributed by atoms with Crippen LogP contribution in [0.2, 0.25) is 0 Å². The molecule has 0 saturated carbocycles. The van der Waals surface area contributed by atoms with Crippen LogP contribution in [0.15, 0.2) is 24.3 Å². The van der Waals surface area contributed by atoms with Crippen LogP contribution in [0.5, 0.6) is 11.5 Å². The van der Waals surface area contributed by atoms with Crippen molar-refractivity contribution in [3.05, 3.63) is 29.8 Å². The van der Waals surface area contributed by atoms with Crippen LogP contribution < -0.4 is 9.47 Å². The Morgan fingerprint density at radius 2 is 2.12 bits per heavy atom. The van der Waals surface area contributed by atoms with Crippen molar-refractivity contribution in [2.45, 2.75) is 12.8 Å². The van der Waals surface area contributed by atoms with Crippen molar-refractivity contribution in [2.24, 2.45) is 0 Å². The molecular formula is C13H16O4. The van der Waals surface area contributed by atoms with Crippen LogP contribution in [0.1, 0.15) is 18.4 Å². The van der Waals surface area contributed by atoms with Crippen LogP contribution in [0.25, 0.3) is 6.08 Å². The van der Waals surface area contributed by atoms with E-state index in [1.54, 1.807) is 14.2 Å². The minimum atomic E-state index is -0.799. The SMILES string of the molecule is COc1cccc(C=CCCC(=O)O)c1OC. The van der Waals surface area contributed by atoms with Gasteiger partial charge in [-0.15, -0.1) is 0 Å². The Labute approximate surface area is 100 Å². The summed E-state index contributed by atoms with van der Waals surface area (Å²) in [5.41, 5.74) is 0.872. The summed E-state index contributed by atoms with van der Waals surface area (Å²) in [5, 5.41) is 8.52. The van der Waals surface area contributed by atoms with E-state index in [-0.39, 0.29) is 6.42 Å². The highest BCUT2D eigenvalue weighted by Crippen LogP contribution is 2.31. The number of benzene rings is 1. The van der Waals surface area contributed by atoms with E-state index in [0.717, 1.165) is 5.56 Å². The molecule has 17 heavy (non-hydrogen) atoms. The lowest BCUT2D eigenvalue weighted by Crippen LogP contribution is -1.93. The van der Waals surface area contributed by atoms with Crippen LogP contribution in [0.4, 0.5) is 0 Å². The van der Waals surface area contributed by atoms with E-state index < -0.39 is 5.97 Å². The highest BCUT2D eigenvalue weighted by Gasteiger charge is 2.06. The zero-order chi connectivity index (χ0) is 12.7. The number of aliphatic carboxylic acids is 1. The first-order chi connectivity index (χ1) is 8.19. The molecule has 0 aliphatic heterocycles. The van der Waals surface area contributed by atoms with Crippen LogP contribution in [-0.2, 0) is 4.79 Å². The third-order valence-electron chi connectivity index (χ3n) is 2.26. The lowest BCUT2D eigenvalue weighted by atomic mass is 10.1. The Kier molecular flexibility index (Phi) is 5.07. The number of ether oxygens (including phenoxy) is 2. The summed E-state index contributed by atoms with van der Waals surface area (Å²) >= 11 is 0. The van der Waals surface area contributed by atoms with Crippen molar-refractivity contribution in [3.8, 4) is 11.5 Å². The van der Waals surface area contributed by atoms with Gasteiger partial charge in [0.25, 0.3) is 0 Å². The van der Waals surface area contributed by atoms with Crippen molar-refractivity contribution in [3.63, 3.8) is 0 Å². The van der Waals surface area contributed by atoms with E-state index in [0.29, 0.717) is 17.9 Å². The number of allylic oxidation sites excluding steroid dienone is 1. The number of hydrogen-bond acceptors (Lipinski definition) is 3. The molecule has 0 spiro atoms. The molecule has 0 aliphatic carbocycles. The predicted octanol–water partition coefficient (Wildman–Crippen LogP) is 2.58. The first-order valence-corrected chi connectivity index (χ1v) is 5.28. The maximum Gasteiger partial charge on any atom is 0.303 e. The van der Waals surface area contributed by atoms with Gasteiger partial charge in [0.05, 0.1) is 14.2 Å². The van der Waals surface area contributed by atoms with Gasteiger partial charge in [-0.2, -0.15) is 0 Å². The van der Waals surface area contributed by atoms with Crippen molar-refractivity contribution in [1.82, 2.24) is 0 Å². The Bertz CT molecular complexity index is 410. The summed E-state index contributed by atoms with van der Waals surface area (Å²) < 4.78 is 10.4. The number of methoxy groups -OCH3 is 2. The molecule has 0 bridgehead atoms. The van der Waals surface area contributed by atoms with Gasteiger partial charge in [0, 0.05) is 12.0 Å². The van der Waals surface area contributed by atoms with E-state index in [9.17, 15) is 4.79 Å². The summed E-state index contributed by atoms with van der Waals surface area (Å²) in [6, 6.07) is 5.56. The van der Waals surface area contributed by atoms with Crippen LogP contribution in [0.3, 0.4) is 0 Å². The van der Waals surface area contributed by atoms with Crippen molar-refractivity contribution in [1.29, 1.82) is 0 Å². The number of hydrogen-bond donors (Lipinski definition) is 1. The molecule has 92 valence electrons. The maximum absolute atomic E-state index is 10.4. The zero-order valence-electron chi connectivity index (χ0n) is 9.97. The molecule has 0 atom stereocenters. The van der Waals surface area contributed by atoms with E-state index in [1.807, 2.05) is 30.4 Å². The maximum atomic E-state index is 10.4. The van der Waals surface area contributed by atoms with Crippen molar-refractivity contribution >= 4 is 12.0 Å². The van der Waals surface area contributed by atoms with Gasteiger partial charge in [-0.3, -0.25) is 4.79 Å². The van der Waals surface area contributed by atoms with E-state index in [4.69, 9.17) is 14.6 Å². The normalized spacial score (nSPS) is 10.5. The lowest BCUT2D eigenvalue weighted by molar-refractivity contribution is -0.136. The third-order valence-corrected chi connectivity index (χ3v) is 2.26. The second-order valence-corrected chi connectivity index (χ2v) is 3.42.